The number of aliphatic hydroxyl groups excluding tert-OH is 1. The lowest BCUT2D eigenvalue weighted by atomic mass is 9.93. The Kier molecular flexibility index (Phi) is 6.70. The van der Waals surface area contributed by atoms with Gasteiger partial charge in [-0.15, -0.1) is 0 Å². The summed E-state index contributed by atoms with van der Waals surface area (Å²) in [6, 6.07) is 17.0. The number of hydrogen-bond acceptors (Lipinski definition) is 5. The third-order valence-corrected chi connectivity index (χ3v) is 5.79. The number of aliphatic hydroxyl groups is 1. The van der Waals surface area contributed by atoms with Crippen molar-refractivity contribution in [2.75, 3.05) is 13.2 Å². The SMILES string of the molecule is CC(C)(CO)C(=O)NCC(NC(=O)c1cn[nH]c1-c1cccnc1)c1ccc2ccccc2c1. The van der Waals surface area contributed by atoms with Crippen LogP contribution in [-0.4, -0.2) is 45.3 Å². The second-order valence-electron chi connectivity index (χ2n) is 8.79. The maximum absolute atomic E-state index is 13.3. The van der Waals surface area contributed by atoms with E-state index in [1.54, 1.807) is 32.3 Å². The normalized spacial score (nSPS) is 12.3. The zero-order chi connectivity index (χ0) is 24.1. The highest BCUT2D eigenvalue weighted by molar-refractivity contribution is 6.00. The second kappa shape index (κ2) is 9.84. The molecule has 2 heterocycles. The van der Waals surface area contributed by atoms with Crippen LogP contribution in [0.5, 0.6) is 0 Å². The first-order valence-corrected chi connectivity index (χ1v) is 11.0. The molecule has 0 fully saturated rings. The van der Waals surface area contributed by atoms with Crippen molar-refractivity contribution in [2.24, 2.45) is 5.41 Å². The molecule has 0 aliphatic carbocycles. The third kappa shape index (κ3) is 4.97. The summed E-state index contributed by atoms with van der Waals surface area (Å²) < 4.78 is 0. The van der Waals surface area contributed by atoms with Gasteiger partial charge in [-0.3, -0.25) is 19.7 Å². The summed E-state index contributed by atoms with van der Waals surface area (Å²) in [5, 5.41) is 24.5. The van der Waals surface area contributed by atoms with Crippen LogP contribution in [-0.2, 0) is 4.79 Å². The maximum atomic E-state index is 13.3. The number of nitrogens with one attached hydrogen (secondary N) is 3. The van der Waals surface area contributed by atoms with Crippen LogP contribution < -0.4 is 10.6 Å². The molecular formula is C26H27N5O3. The highest BCUT2D eigenvalue weighted by atomic mass is 16.3. The number of aromatic nitrogens is 3. The summed E-state index contributed by atoms with van der Waals surface area (Å²) >= 11 is 0. The summed E-state index contributed by atoms with van der Waals surface area (Å²) in [4.78, 5) is 30.0. The number of rotatable bonds is 8. The Bertz CT molecular complexity index is 1300. The van der Waals surface area contributed by atoms with Crippen LogP contribution in [0.15, 0.2) is 73.2 Å². The van der Waals surface area contributed by atoms with Gasteiger partial charge in [-0.05, 0) is 48.4 Å². The van der Waals surface area contributed by atoms with Gasteiger partial charge in [-0.2, -0.15) is 5.10 Å². The van der Waals surface area contributed by atoms with E-state index in [9.17, 15) is 14.7 Å². The molecule has 0 aliphatic heterocycles. The number of fused-ring (bicyclic) bond motifs is 1. The van der Waals surface area contributed by atoms with Gasteiger partial charge in [0.2, 0.25) is 5.91 Å². The summed E-state index contributed by atoms with van der Waals surface area (Å²) in [6.07, 6.45) is 4.79. The standard InChI is InChI=1S/C26H27N5O3/c1-26(2,16-32)25(34)28-15-22(19-10-9-17-6-3-4-7-18(17)12-19)30-24(33)21-14-29-31-23(21)20-8-5-11-27-13-20/h3-14,22,32H,15-16H2,1-2H3,(H,28,34)(H,29,31)(H,30,33). The minimum atomic E-state index is -0.935. The second-order valence-corrected chi connectivity index (χ2v) is 8.79. The van der Waals surface area contributed by atoms with E-state index in [1.165, 1.54) is 6.20 Å². The smallest absolute Gasteiger partial charge is 0.255 e. The van der Waals surface area contributed by atoms with Gasteiger partial charge in [0.05, 0.1) is 35.5 Å². The molecule has 0 radical (unpaired) electrons. The molecule has 1 atom stereocenters. The Morgan fingerprint density at radius 2 is 1.85 bits per heavy atom. The van der Waals surface area contributed by atoms with Crippen LogP contribution in [0.3, 0.4) is 0 Å². The number of carbonyl (C=O) groups is 2. The molecule has 2 aromatic heterocycles. The van der Waals surface area contributed by atoms with E-state index in [2.05, 4.69) is 25.8 Å². The molecule has 0 saturated heterocycles. The molecule has 8 heteroatoms. The van der Waals surface area contributed by atoms with Crippen molar-refractivity contribution in [1.29, 1.82) is 0 Å². The highest BCUT2D eigenvalue weighted by Gasteiger charge is 2.28. The number of carbonyl (C=O) groups excluding carboxylic acids is 2. The molecule has 34 heavy (non-hydrogen) atoms. The van der Waals surface area contributed by atoms with Gasteiger partial charge < -0.3 is 15.7 Å². The van der Waals surface area contributed by atoms with E-state index in [-0.39, 0.29) is 25.0 Å². The van der Waals surface area contributed by atoms with Gasteiger partial charge in [-0.1, -0.05) is 36.4 Å². The maximum Gasteiger partial charge on any atom is 0.255 e. The summed E-state index contributed by atoms with van der Waals surface area (Å²) in [6.45, 7) is 3.21. The number of benzene rings is 2. The van der Waals surface area contributed by atoms with E-state index < -0.39 is 11.5 Å². The van der Waals surface area contributed by atoms with Crippen molar-refractivity contribution in [3.63, 3.8) is 0 Å². The van der Waals surface area contributed by atoms with Crippen molar-refractivity contribution in [3.8, 4) is 11.3 Å². The fourth-order valence-electron chi connectivity index (χ4n) is 3.61. The Labute approximate surface area is 197 Å². The molecule has 2 amide bonds. The van der Waals surface area contributed by atoms with Crippen molar-refractivity contribution >= 4 is 22.6 Å². The predicted molar refractivity (Wildman–Crippen MR) is 130 cm³/mol. The molecule has 0 saturated carbocycles. The molecule has 0 aliphatic rings. The van der Waals surface area contributed by atoms with Crippen LogP contribution >= 0.6 is 0 Å². The van der Waals surface area contributed by atoms with Crippen LogP contribution in [0.2, 0.25) is 0 Å². The lowest BCUT2D eigenvalue weighted by molar-refractivity contribution is -0.131. The Hall–Kier alpha value is -4.04. The van der Waals surface area contributed by atoms with Gasteiger partial charge in [0.1, 0.15) is 0 Å². The Morgan fingerprint density at radius 1 is 1.06 bits per heavy atom. The average Bonchev–Trinajstić information content (AvgIpc) is 3.36. The zero-order valence-corrected chi connectivity index (χ0v) is 19.1. The first-order valence-electron chi connectivity index (χ1n) is 11.0. The minimum Gasteiger partial charge on any atom is -0.395 e. The van der Waals surface area contributed by atoms with Crippen LogP contribution in [0.1, 0.15) is 35.8 Å². The van der Waals surface area contributed by atoms with Gasteiger partial charge >= 0.3 is 0 Å². The largest absolute Gasteiger partial charge is 0.395 e. The van der Waals surface area contributed by atoms with Gasteiger partial charge in [0.15, 0.2) is 0 Å². The van der Waals surface area contributed by atoms with Crippen LogP contribution in [0.25, 0.3) is 22.0 Å². The quantitative estimate of drug-likeness (QED) is 0.324. The monoisotopic (exact) mass is 457 g/mol. The van der Waals surface area contributed by atoms with Gasteiger partial charge in [0.25, 0.3) is 5.91 Å². The van der Waals surface area contributed by atoms with Crippen molar-refractivity contribution in [3.05, 3.63) is 84.3 Å². The van der Waals surface area contributed by atoms with Gasteiger partial charge in [0, 0.05) is 24.5 Å². The molecule has 1 unspecified atom stereocenters. The first kappa shape index (κ1) is 23.1. The van der Waals surface area contributed by atoms with Gasteiger partial charge in [-0.25, -0.2) is 0 Å². The van der Waals surface area contributed by atoms with E-state index in [0.29, 0.717) is 11.3 Å². The molecular weight excluding hydrogens is 430 g/mol. The fourth-order valence-corrected chi connectivity index (χ4v) is 3.61. The number of pyridine rings is 1. The zero-order valence-electron chi connectivity index (χ0n) is 19.1. The molecule has 8 nitrogen and oxygen atoms in total. The molecule has 4 aromatic rings. The van der Waals surface area contributed by atoms with E-state index in [1.807, 2.05) is 48.5 Å². The summed E-state index contributed by atoms with van der Waals surface area (Å²) in [5.74, 6) is -0.629. The summed E-state index contributed by atoms with van der Waals surface area (Å²) in [7, 11) is 0. The molecule has 0 bridgehead atoms. The number of amides is 2. The molecule has 0 spiro atoms. The van der Waals surface area contributed by atoms with Crippen molar-refractivity contribution < 1.29 is 14.7 Å². The van der Waals surface area contributed by atoms with Crippen molar-refractivity contribution in [2.45, 2.75) is 19.9 Å². The fraction of sp³-hybridized carbons (Fsp3) is 0.231. The Balaban J connectivity index is 1.62. The summed E-state index contributed by atoms with van der Waals surface area (Å²) in [5.41, 5.74) is 1.59. The molecule has 4 rings (SSSR count). The average molecular weight is 458 g/mol. The number of hydrogen-bond donors (Lipinski definition) is 4. The first-order chi connectivity index (χ1) is 16.4. The van der Waals surface area contributed by atoms with E-state index >= 15 is 0 Å². The molecule has 4 N–H and O–H groups in total. The number of H-pyrrole nitrogens is 1. The lowest BCUT2D eigenvalue weighted by Crippen LogP contribution is -2.44. The number of aromatic amines is 1. The number of nitrogens with zero attached hydrogens (tertiary/aromatic N) is 2. The molecule has 174 valence electrons. The predicted octanol–water partition coefficient (Wildman–Crippen LogP) is 3.23. The minimum absolute atomic E-state index is 0.159. The van der Waals surface area contributed by atoms with E-state index in [0.717, 1.165) is 21.9 Å². The third-order valence-electron chi connectivity index (χ3n) is 5.79. The Morgan fingerprint density at radius 3 is 2.59 bits per heavy atom. The van der Waals surface area contributed by atoms with E-state index in [4.69, 9.17) is 0 Å². The topological polar surface area (TPSA) is 120 Å². The van der Waals surface area contributed by atoms with Crippen LogP contribution in [0.4, 0.5) is 0 Å². The van der Waals surface area contributed by atoms with Crippen LogP contribution in [0, 0.1) is 5.41 Å². The van der Waals surface area contributed by atoms with Crippen molar-refractivity contribution in [1.82, 2.24) is 25.8 Å². The molecule has 2 aromatic carbocycles. The highest BCUT2D eigenvalue weighted by Crippen LogP contribution is 2.24. The lowest BCUT2D eigenvalue weighted by Gasteiger charge is -2.25.